The molecule has 2 heterocycles. The van der Waals surface area contributed by atoms with Crippen LogP contribution in [0.4, 0.5) is 4.39 Å². The number of carbonyl (C=O) groups is 2. The van der Waals surface area contributed by atoms with Crippen LogP contribution in [0, 0.1) is 12.7 Å². The molecule has 2 N–H and O–H groups in total. The molecule has 2 aliphatic heterocycles. The van der Waals surface area contributed by atoms with Crippen molar-refractivity contribution in [1.82, 2.24) is 15.5 Å². The molecule has 0 aliphatic carbocycles. The number of aryl methyl sites for hydroxylation is 1. The van der Waals surface area contributed by atoms with Gasteiger partial charge in [-0.2, -0.15) is 0 Å². The standard InChI is InChI=1S/C16H20FN3O2/c1-9-3-4-13(17)11(5-9)7-18-12-6-14-15(21)19-10(2)16(22)20(14)8-12/h3-5,10,12,14,18H,6-8H2,1-2H3,(H,19,21)/t10-,12+,14+/m1/s1. The molecule has 2 amide bonds. The fourth-order valence-electron chi connectivity index (χ4n) is 3.19. The third-order valence-corrected chi connectivity index (χ3v) is 4.40. The molecule has 0 spiro atoms. The van der Waals surface area contributed by atoms with Crippen molar-refractivity contribution >= 4 is 11.8 Å². The van der Waals surface area contributed by atoms with Crippen LogP contribution in [0.3, 0.4) is 0 Å². The molecular weight excluding hydrogens is 285 g/mol. The largest absolute Gasteiger partial charge is 0.343 e. The van der Waals surface area contributed by atoms with Crippen LogP contribution in [0.25, 0.3) is 0 Å². The van der Waals surface area contributed by atoms with Crippen LogP contribution >= 0.6 is 0 Å². The van der Waals surface area contributed by atoms with Gasteiger partial charge in [-0.25, -0.2) is 4.39 Å². The lowest BCUT2D eigenvalue weighted by atomic mass is 10.1. The van der Waals surface area contributed by atoms with E-state index < -0.39 is 12.1 Å². The lowest BCUT2D eigenvalue weighted by Crippen LogP contribution is -2.60. The second kappa shape index (κ2) is 5.68. The number of piperazine rings is 1. The average molecular weight is 305 g/mol. The van der Waals surface area contributed by atoms with Gasteiger partial charge in [0.2, 0.25) is 11.8 Å². The summed E-state index contributed by atoms with van der Waals surface area (Å²) in [6.45, 7) is 4.50. The maximum Gasteiger partial charge on any atom is 0.245 e. The Hall–Kier alpha value is -1.95. The smallest absolute Gasteiger partial charge is 0.245 e. The van der Waals surface area contributed by atoms with Gasteiger partial charge in [0.25, 0.3) is 0 Å². The number of benzene rings is 1. The highest BCUT2D eigenvalue weighted by molar-refractivity contribution is 5.97. The van der Waals surface area contributed by atoms with Gasteiger partial charge in [-0.05, 0) is 26.3 Å². The molecule has 6 heteroatoms. The Kier molecular flexibility index (Phi) is 3.87. The molecule has 0 unspecified atom stereocenters. The average Bonchev–Trinajstić information content (AvgIpc) is 2.91. The summed E-state index contributed by atoms with van der Waals surface area (Å²) < 4.78 is 13.7. The topological polar surface area (TPSA) is 61.4 Å². The molecule has 118 valence electrons. The van der Waals surface area contributed by atoms with Crippen LogP contribution in [-0.2, 0) is 16.1 Å². The number of halogens is 1. The van der Waals surface area contributed by atoms with Gasteiger partial charge in [-0.3, -0.25) is 9.59 Å². The first-order valence-electron chi connectivity index (χ1n) is 7.55. The maximum atomic E-state index is 13.7. The summed E-state index contributed by atoms with van der Waals surface area (Å²) in [5.74, 6) is -0.384. The number of nitrogens with zero attached hydrogens (tertiary/aromatic N) is 1. The van der Waals surface area contributed by atoms with Crippen molar-refractivity contribution in [1.29, 1.82) is 0 Å². The first-order valence-corrected chi connectivity index (χ1v) is 7.55. The summed E-state index contributed by atoms with van der Waals surface area (Å²) in [5.41, 5.74) is 1.61. The minimum Gasteiger partial charge on any atom is -0.343 e. The van der Waals surface area contributed by atoms with Crippen LogP contribution in [0.1, 0.15) is 24.5 Å². The normalized spacial score (nSPS) is 27.8. The molecule has 0 bridgehead atoms. The van der Waals surface area contributed by atoms with Crippen LogP contribution < -0.4 is 10.6 Å². The Balaban J connectivity index is 1.65. The second-order valence-electron chi connectivity index (χ2n) is 6.15. The van der Waals surface area contributed by atoms with Gasteiger partial charge in [0.15, 0.2) is 0 Å². The van der Waals surface area contributed by atoms with Crippen molar-refractivity contribution in [2.24, 2.45) is 0 Å². The lowest BCUT2D eigenvalue weighted by molar-refractivity contribution is -0.146. The minimum absolute atomic E-state index is 0.00455. The monoisotopic (exact) mass is 305 g/mol. The van der Waals surface area contributed by atoms with Crippen molar-refractivity contribution in [3.05, 3.63) is 35.1 Å². The highest BCUT2D eigenvalue weighted by Gasteiger charge is 2.44. The molecule has 0 radical (unpaired) electrons. The van der Waals surface area contributed by atoms with Crippen LogP contribution in [-0.4, -0.2) is 41.4 Å². The molecule has 2 saturated heterocycles. The number of nitrogens with one attached hydrogen (secondary N) is 2. The van der Waals surface area contributed by atoms with Gasteiger partial charge in [-0.15, -0.1) is 0 Å². The van der Waals surface area contributed by atoms with Crippen LogP contribution in [0.15, 0.2) is 18.2 Å². The predicted octanol–water partition coefficient (Wildman–Crippen LogP) is 0.712. The number of amides is 2. The summed E-state index contributed by atoms with van der Waals surface area (Å²) in [5, 5.41) is 5.96. The predicted molar refractivity (Wildman–Crippen MR) is 79.5 cm³/mol. The van der Waals surface area contributed by atoms with Crippen LogP contribution in [0.2, 0.25) is 0 Å². The van der Waals surface area contributed by atoms with E-state index >= 15 is 0 Å². The quantitative estimate of drug-likeness (QED) is 0.865. The first kappa shape index (κ1) is 15.0. The molecular formula is C16H20FN3O2. The summed E-state index contributed by atoms with van der Waals surface area (Å²) in [6.07, 6.45) is 0.567. The van der Waals surface area contributed by atoms with Crippen molar-refractivity contribution < 1.29 is 14.0 Å². The van der Waals surface area contributed by atoms with Gasteiger partial charge in [0.05, 0.1) is 0 Å². The zero-order valence-electron chi connectivity index (χ0n) is 12.7. The van der Waals surface area contributed by atoms with Crippen molar-refractivity contribution in [2.75, 3.05) is 6.54 Å². The zero-order chi connectivity index (χ0) is 15.9. The molecule has 1 aromatic rings. The number of rotatable bonds is 3. The Bertz CT molecular complexity index is 619. The summed E-state index contributed by atoms with van der Waals surface area (Å²) in [6, 6.07) is 4.15. The van der Waals surface area contributed by atoms with Gasteiger partial charge in [0, 0.05) is 24.7 Å². The Morgan fingerprint density at radius 3 is 2.95 bits per heavy atom. The van der Waals surface area contributed by atoms with E-state index in [1.165, 1.54) is 6.07 Å². The molecule has 22 heavy (non-hydrogen) atoms. The second-order valence-corrected chi connectivity index (χ2v) is 6.15. The molecule has 0 saturated carbocycles. The number of hydrogen-bond acceptors (Lipinski definition) is 3. The summed E-state index contributed by atoms with van der Waals surface area (Å²) in [7, 11) is 0. The van der Waals surface area contributed by atoms with Gasteiger partial charge < -0.3 is 15.5 Å². The van der Waals surface area contributed by atoms with Gasteiger partial charge in [0.1, 0.15) is 17.9 Å². The SMILES string of the molecule is Cc1ccc(F)c(CN[C@H]2C[C@H]3C(=O)N[C@H](C)C(=O)N3C2)c1. The van der Waals surface area contributed by atoms with Crippen molar-refractivity contribution in [3.8, 4) is 0 Å². The van der Waals surface area contributed by atoms with E-state index in [1.54, 1.807) is 17.9 Å². The Morgan fingerprint density at radius 1 is 1.41 bits per heavy atom. The molecule has 3 rings (SSSR count). The summed E-state index contributed by atoms with van der Waals surface area (Å²) in [4.78, 5) is 25.7. The Labute approximate surface area is 128 Å². The van der Waals surface area contributed by atoms with E-state index in [2.05, 4.69) is 10.6 Å². The van der Waals surface area contributed by atoms with E-state index in [0.29, 0.717) is 25.1 Å². The molecule has 5 nitrogen and oxygen atoms in total. The highest BCUT2D eigenvalue weighted by atomic mass is 19.1. The van der Waals surface area contributed by atoms with Crippen molar-refractivity contribution in [2.45, 2.75) is 44.9 Å². The maximum absolute atomic E-state index is 13.7. The van der Waals surface area contributed by atoms with E-state index in [4.69, 9.17) is 0 Å². The molecule has 1 aromatic carbocycles. The third-order valence-electron chi connectivity index (χ3n) is 4.40. The minimum atomic E-state index is -0.461. The first-order chi connectivity index (χ1) is 10.5. The van der Waals surface area contributed by atoms with E-state index in [9.17, 15) is 14.0 Å². The number of fused-ring (bicyclic) bond motifs is 1. The fraction of sp³-hybridized carbons (Fsp3) is 0.500. The number of carbonyl (C=O) groups excluding carboxylic acids is 2. The highest BCUT2D eigenvalue weighted by Crippen LogP contribution is 2.23. The van der Waals surface area contributed by atoms with Gasteiger partial charge >= 0.3 is 0 Å². The van der Waals surface area contributed by atoms with Gasteiger partial charge in [-0.1, -0.05) is 17.7 Å². The summed E-state index contributed by atoms with van der Waals surface area (Å²) >= 11 is 0. The molecule has 3 atom stereocenters. The molecule has 2 fully saturated rings. The van der Waals surface area contributed by atoms with Crippen LogP contribution in [0.5, 0.6) is 0 Å². The fourth-order valence-corrected chi connectivity index (χ4v) is 3.19. The van der Waals surface area contributed by atoms with E-state index in [1.807, 2.05) is 13.0 Å². The third kappa shape index (κ3) is 2.70. The Morgan fingerprint density at radius 2 is 2.18 bits per heavy atom. The molecule has 2 aliphatic rings. The lowest BCUT2D eigenvalue weighted by Gasteiger charge is -2.32. The number of hydrogen-bond donors (Lipinski definition) is 2. The van der Waals surface area contributed by atoms with Crippen molar-refractivity contribution in [3.63, 3.8) is 0 Å². The molecule has 0 aromatic heterocycles. The van der Waals surface area contributed by atoms with E-state index in [-0.39, 0.29) is 23.7 Å². The van der Waals surface area contributed by atoms with E-state index in [0.717, 1.165) is 5.56 Å². The zero-order valence-corrected chi connectivity index (χ0v) is 12.7.